The third-order valence-corrected chi connectivity index (χ3v) is 5.05. The van der Waals surface area contributed by atoms with E-state index < -0.39 is 0 Å². The van der Waals surface area contributed by atoms with E-state index in [1.807, 2.05) is 6.07 Å². The second kappa shape index (κ2) is 6.67. The van der Waals surface area contributed by atoms with Gasteiger partial charge in [0.2, 0.25) is 5.89 Å². The Labute approximate surface area is 137 Å². The van der Waals surface area contributed by atoms with Gasteiger partial charge in [-0.05, 0) is 36.7 Å². The van der Waals surface area contributed by atoms with Gasteiger partial charge in [-0.3, -0.25) is 4.90 Å². The van der Waals surface area contributed by atoms with Gasteiger partial charge in [-0.1, -0.05) is 47.6 Å². The molecular weight excluding hydrogens is 286 g/mol. The lowest BCUT2D eigenvalue weighted by Crippen LogP contribution is -2.20. The summed E-state index contributed by atoms with van der Waals surface area (Å²) in [7, 11) is 0. The van der Waals surface area contributed by atoms with Gasteiger partial charge in [0.15, 0.2) is 5.82 Å². The van der Waals surface area contributed by atoms with Crippen LogP contribution in [0.2, 0.25) is 0 Å². The zero-order chi connectivity index (χ0) is 15.5. The van der Waals surface area contributed by atoms with Gasteiger partial charge >= 0.3 is 0 Å². The van der Waals surface area contributed by atoms with Gasteiger partial charge < -0.3 is 4.52 Å². The number of nitrogens with zero attached hydrogens (tertiary/aromatic N) is 3. The standard InChI is InChI=1S/C19H23N3O/c1-2-6-15(7-3-1)10-11-18-20-19(23-21-18)14-22-12-16-8-4-5-9-17(16)13-22/h1-7,16-17H,8-14H2. The van der Waals surface area contributed by atoms with Crippen LogP contribution in [0.5, 0.6) is 0 Å². The first kappa shape index (κ1) is 14.6. The summed E-state index contributed by atoms with van der Waals surface area (Å²) >= 11 is 0. The fraction of sp³-hybridized carbons (Fsp3) is 0.474. The van der Waals surface area contributed by atoms with Crippen LogP contribution in [0.1, 0.15) is 30.1 Å². The van der Waals surface area contributed by atoms with E-state index in [0.717, 1.165) is 56.0 Å². The van der Waals surface area contributed by atoms with Gasteiger partial charge in [0.1, 0.15) is 0 Å². The molecule has 0 bridgehead atoms. The monoisotopic (exact) mass is 309 g/mol. The van der Waals surface area contributed by atoms with Crippen molar-refractivity contribution in [2.45, 2.75) is 32.2 Å². The van der Waals surface area contributed by atoms with Crippen molar-refractivity contribution in [3.8, 4) is 0 Å². The molecule has 1 fully saturated rings. The molecule has 2 heterocycles. The average Bonchev–Trinajstić information content (AvgIpc) is 3.20. The molecular formula is C19H23N3O. The summed E-state index contributed by atoms with van der Waals surface area (Å²) in [5.41, 5.74) is 1.31. The Balaban J connectivity index is 1.30. The lowest BCUT2D eigenvalue weighted by molar-refractivity contribution is 0.257. The van der Waals surface area contributed by atoms with Gasteiger partial charge in [-0.2, -0.15) is 4.98 Å². The van der Waals surface area contributed by atoms with E-state index in [1.54, 1.807) is 0 Å². The smallest absolute Gasteiger partial charge is 0.240 e. The normalized spacial score (nSPS) is 24.0. The Morgan fingerprint density at radius 3 is 2.48 bits per heavy atom. The van der Waals surface area contributed by atoms with E-state index >= 15 is 0 Å². The van der Waals surface area contributed by atoms with Gasteiger partial charge in [-0.15, -0.1) is 0 Å². The molecule has 1 aromatic heterocycles. The molecule has 0 N–H and O–H groups in total. The highest BCUT2D eigenvalue weighted by molar-refractivity contribution is 5.15. The molecule has 2 atom stereocenters. The van der Waals surface area contributed by atoms with Crippen molar-refractivity contribution in [1.82, 2.24) is 15.0 Å². The van der Waals surface area contributed by atoms with Crippen LogP contribution in [0.25, 0.3) is 0 Å². The lowest BCUT2D eigenvalue weighted by atomic mass is 9.86. The minimum atomic E-state index is 0.764. The third-order valence-electron chi connectivity index (χ3n) is 5.05. The number of benzene rings is 1. The third kappa shape index (κ3) is 3.53. The molecule has 1 saturated heterocycles. The van der Waals surface area contributed by atoms with E-state index in [-0.39, 0.29) is 0 Å². The molecule has 0 saturated carbocycles. The van der Waals surface area contributed by atoms with Crippen molar-refractivity contribution in [2.75, 3.05) is 13.1 Å². The first-order valence-corrected chi connectivity index (χ1v) is 8.59. The topological polar surface area (TPSA) is 42.2 Å². The molecule has 4 heteroatoms. The SMILES string of the molecule is C1=CCC2CN(Cc3nc(CCc4ccccc4)no3)CC2C1. The summed E-state index contributed by atoms with van der Waals surface area (Å²) in [6.07, 6.45) is 8.92. The van der Waals surface area contributed by atoms with Crippen LogP contribution in [-0.2, 0) is 19.4 Å². The van der Waals surface area contributed by atoms with Crippen molar-refractivity contribution in [1.29, 1.82) is 0 Å². The highest BCUT2D eigenvalue weighted by Gasteiger charge is 2.33. The van der Waals surface area contributed by atoms with E-state index in [2.05, 4.69) is 51.5 Å². The number of likely N-dealkylation sites (tertiary alicyclic amines) is 1. The van der Waals surface area contributed by atoms with Gasteiger partial charge in [-0.25, -0.2) is 0 Å². The van der Waals surface area contributed by atoms with Crippen LogP contribution in [0, 0.1) is 11.8 Å². The van der Waals surface area contributed by atoms with Crippen molar-refractivity contribution in [2.24, 2.45) is 11.8 Å². The largest absolute Gasteiger partial charge is 0.338 e. The maximum atomic E-state index is 5.45. The van der Waals surface area contributed by atoms with Gasteiger partial charge in [0.25, 0.3) is 0 Å². The summed E-state index contributed by atoms with van der Waals surface area (Å²) in [5, 5.41) is 4.14. The first-order chi connectivity index (χ1) is 11.4. The number of hydrogen-bond acceptors (Lipinski definition) is 4. The molecule has 0 radical (unpaired) electrons. The number of aryl methyl sites for hydroxylation is 2. The number of rotatable bonds is 5. The molecule has 23 heavy (non-hydrogen) atoms. The van der Waals surface area contributed by atoms with Gasteiger partial charge in [0, 0.05) is 19.5 Å². The molecule has 0 spiro atoms. The molecule has 0 amide bonds. The number of allylic oxidation sites excluding steroid dienone is 2. The molecule has 2 unspecified atom stereocenters. The molecule has 120 valence electrons. The van der Waals surface area contributed by atoms with Gasteiger partial charge in [0.05, 0.1) is 6.54 Å². The molecule has 1 aliphatic carbocycles. The number of fused-ring (bicyclic) bond motifs is 1. The summed E-state index contributed by atoms with van der Waals surface area (Å²) in [6, 6.07) is 10.5. The summed E-state index contributed by atoms with van der Waals surface area (Å²) in [6.45, 7) is 3.12. The van der Waals surface area contributed by atoms with Crippen molar-refractivity contribution >= 4 is 0 Å². The molecule has 1 aromatic carbocycles. The van der Waals surface area contributed by atoms with Crippen molar-refractivity contribution in [3.05, 3.63) is 59.8 Å². The van der Waals surface area contributed by atoms with Crippen molar-refractivity contribution < 1.29 is 4.52 Å². The zero-order valence-electron chi connectivity index (χ0n) is 13.4. The Morgan fingerprint density at radius 1 is 1.00 bits per heavy atom. The Morgan fingerprint density at radius 2 is 1.74 bits per heavy atom. The maximum Gasteiger partial charge on any atom is 0.240 e. The fourth-order valence-electron chi connectivity index (χ4n) is 3.79. The minimum absolute atomic E-state index is 0.764. The van der Waals surface area contributed by atoms with Crippen LogP contribution in [0.4, 0.5) is 0 Å². The Bertz CT molecular complexity index is 648. The van der Waals surface area contributed by atoms with Crippen molar-refractivity contribution in [3.63, 3.8) is 0 Å². The van der Waals surface area contributed by atoms with Crippen LogP contribution < -0.4 is 0 Å². The molecule has 4 rings (SSSR count). The maximum absolute atomic E-state index is 5.45. The Kier molecular flexibility index (Phi) is 4.24. The van der Waals surface area contributed by atoms with E-state index in [1.165, 1.54) is 18.4 Å². The molecule has 1 aliphatic heterocycles. The predicted molar refractivity (Wildman–Crippen MR) is 88.8 cm³/mol. The number of aromatic nitrogens is 2. The van der Waals surface area contributed by atoms with E-state index in [0.29, 0.717) is 0 Å². The number of hydrogen-bond donors (Lipinski definition) is 0. The molecule has 4 nitrogen and oxygen atoms in total. The van der Waals surface area contributed by atoms with Crippen LogP contribution in [0.15, 0.2) is 47.0 Å². The second-order valence-electron chi connectivity index (χ2n) is 6.75. The quantitative estimate of drug-likeness (QED) is 0.795. The highest BCUT2D eigenvalue weighted by atomic mass is 16.5. The highest BCUT2D eigenvalue weighted by Crippen LogP contribution is 2.33. The first-order valence-electron chi connectivity index (χ1n) is 8.59. The van der Waals surface area contributed by atoms with Crippen LogP contribution in [-0.4, -0.2) is 28.1 Å². The van der Waals surface area contributed by atoms with Crippen LogP contribution in [0.3, 0.4) is 0 Å². The molecule has 2 aliphatic rings. The fourth-order valence-corrected chi connectivity index (χ4v) is 3.79. The zero-order valence-corrected chi connectivity index (χ0v) is 13.4. The molecule has 2 aromatic rings. The Hall–Kier alpha value is -1.94. The average molecular weight is 309 g/mol. The predicted octanol–water partition coefficient (Wildman–Crippen LogP) is 3.25. The van der Waals surface area contributed by atoms with Crippen LogP contribution >= 0.6 is 0 Å². The summed E-state index contributed by atoms with van der Waals surface area (Å²) in [4.78, 5) is 7.04. The lowest BCUT2D eigenvalue weighted by Gasteiger charge is -2.18. The summed E-state index contributed by atoms with van der Waals surface area (Å²) < 4.78 is 5.45. The summed E-state index contributed by atoms with van der Waals surface area (Å²) in [5.74, 6) is 3.22. The second-order valence-corrected chi connectivity index (χ2v) is 6.75. The van der Waals surface area contributed by atoms with E-state index in [4.69, 9.17) is 4.52 Å². The minimum Gasteiger partial charge on any atom is -0.338 e. The van der Waals surface area contributed by atoms with E-state index in [9.17, 15) is 0 Å².